The molecular formula is C8H9N3OS2. The Morgan fingerprint density at radius 3 is 3.07 bits per heavy atom. The Hall–Kier alpha value is -0.880. The zero-order valence-electron chi connectivity index (χ0n) is 7.64. The number of nitrogens with zero attached hydrogens (tertiary/aromatic N) is 3. The molecule has 1 amide bonds. The van der Waals surface area contributed by atoms with Gasteiger partial charge in [0.1, 0.15) is 5.01 Å². The quantitative estimate of drug-likeness (QED) is 0.761. The van der Waals surface area contributed by atoms with Crippen molar-refractivity contribution in [1.82, 2.24) is 9.88 Å². The summed E-state index contributed by atoms with van der Waals surface area (Å²) in [5, 5.41) is 3.78. The average molecular weight is 227 g/mol. The van der Waals surface area contributed by atoms with E-state index in [2.05, 4.69) is 9.98 Å². The molecule has 14 heavy (non-hydrogen) atoms. The fourth-order valence-corrected chi connectivity index (χ4v) is 2.53. The molecule has 0 fully saturated rings. The van der Waals surface area contributed by atoms with Crippen LogP contribution >= 0.6 is 23.1 Å². The average Bonchev–Trinajstić information content (AvgIpc) is 2.75. The molecule has 1 aliphatic heterocycles. The first kappa shape index (κ1) is 9.67. The Kier molecular flexibility index (Phi) is 2.83. The molecule has 1 aromatic heterocycles. The predicted octanol–water partition coefficient (Wildman–Crippen LogP) is 1.20. The van der Waals surface area contributed by atoms with E-state index in [0.717, 1.165) is 16.7 Å². The number of hydrogen-bond acceptors (Lipinski definition) is 5. The molecule has 1 aromatic rings. The van der Waals surface area contributed by atoms with Crippen molar-refractivity contribution in [1.29, 1.82) is 0 Å². The first-order chi connectivity index (χ1) is 6.75. The topological polar surface area (TPSA) is 45.6 Å². The molecule has 2 heterocycles. The number of aliphatic imine (C=N–C) groups is 1. The van der Waals surface area contributed by atoms with Crippen molar-refractivity contribution in [3.05, 3.63) is 16.6 Å². The third-order valence-corrected chi connectivity index (χ3v) is 3.54. The van der Waals surface area contributed by atoms with E-state index in [4.69, 9.17) is 0 Å². The van der Waals surface area contributed by atoms with Gasteiger partial charge in [-0.05, 0) is 0 Å². The standard InChI is InChI=1S/C8H9N3OS2/c1-11(4-7-9-2-3-13-7)8-10-6(12)5-14-8/h2-3H,4-5H2,1H3. The number of rotatable bonds is 2. The van der Waals surface area contributed by atoms with Crippen molar-refractivity contribution in [2.75, 3.05) is 12.8 Å². The minimum Gasteiger partial charge on any atom is -0.347 e. The Labute approximate surface area is 90.1 Å². The Morgan fingerprint density at radius 2 is 2.50 bits per heavy atom. The number of amidine groups is 1. The van der Waals surface area contributed by atoms with Gasteiger partial charge in [0, 0.05) is 18.6 Å². The minimum absolute atomic E-state index is 0.0454. The van der Waals surface area contributed by atoms with Crippen LogP contribution in [0.25, 0.3) is 0 Å². The van der Waals surface area contributed by atoms with Crippen molar-refractivity contribution < 1.29 is 4.79 Å². The molecule has 0 aromatic carbocycles. The molecule has 6 heteroatoms. The van der Waals surface area contributed by atoms with E-state index in [-0.39, 0.29) is 5.91 Å². The summed E-state index contributed by atoms with van der Waals surface area (Å²) in [7, 11) is 1.92. The molecule has 0 saturated heterocycles. The Bertz CT molecular complexity index is 361. The van der Waals surface area contributed by atoms with E-state index in [0.29, 0.717) is 5.75 Å². The second-order valence-corrected chi connectivity index (χ2v) is 4.78. The number of thioether (sulfide) groups is 1. The van der Waals surface area contributed by atoms with Crippen LogP contribution in [0.2, 0.25) is 0 Å². The molecule has 1 aliphatic rings. The van der Waals surface area contributed by atoms with Crippen molar-refractivity contribution in [3.63, 3.8) is 0 Å². The van der Waals surface area contributed by atoms with Crippen molar-refractivity contribution >= 4 is 34.2 Å². The van der Waals surface area contributed by atoms with E-state index in [9.17, 15) is 4.79 Å². The molecule has 0 unspecified atom stereocenters. The molecule has 0 radical (unpaired) electrons. The van der Waals surface area contributed by atoms with E-state index >= 15 is 0 Å². The molecule has 0 bridgehead atoms. The molecule has 0 aliphatic carbocycles. The highest BCUT2D eigenvalue weighted by Crippen LogP contribution is 2.17. The fourth-order valence-electron chi connectivity index (χ4n) is 1.09. The summed E-state index contributed by atoms with van der Waals surface area (Å²) < 4.78 is 0. The van der Waals surface area contributed by atoms with Crippen LogP contribution in [0.1, 0.15) is 5.01 Å². The van der Waals surface area contributed by atoms with Gasteiger partial charge in [-0.25, -0.2) is 4.98 Å². The molecule has 0 N–H and O–H groups in total. The highest BCUT2D eigenvalue weighted by atomic mass is 32.2. The lowest BCUT2D eigenvalue weighted by molar-refractivity contribution is -0.115. The monoisotopic (exact) mass is 227 g/mol. The minimum atomic E-state index is -0.0454. The van der Waals surface area contributed by atoms with E-state index in [1.54, 1.807) is 17.5 Å². The van der Waals surface area contributed by atoms with Gasteiger partial charge < -0.3 is 4.90 Å². The van der Waals surface area contributed by atoms with Crippen molar-refractivity contribution in [2.45, 2.75) is 6.54 Å². The lowest BCUT2D eigenvalue weighted by Crippen LogP contribution is -2.22. The van der Waals surface area contributed by atoms with E-state index in [1.807, 2.05) is 17.3 Å². The van der Waals surface area contributed by atoms with Gasteiger partial charge in [-0.15, -0.1) is 11.3 Å². The molecule has 74 valence electrons. The van der Waals surface area contributed by atoms with Crippen molar-refractivity contribution in [2.24, 2.45) is 4.99 Å². The highest BCUT2D eigenvalue weighted by Gasteiger charge is 2.18. The maximum Gasteiger partial charge on any atom is 0.258 e. The number of carbonyl (C=O) groups excluding carboxylic acids is 1. The van der Waals surface area contributed by atoms with Crippen LogP contribution in [-0.4, -0.2) is 33.8 Å². The predicted molar refractivity (Wildman–Crippen MR) is 58.5 cm³/mol. The molecular weight excluding hydrogens is 218 g/mol. The summed E-state index contributed by atoms with van der Waals surface area (Å²) >= 11 is 3.09. The summed E-state index contributed by atoms with van der Waals surface area (Å²) in [5.74, 6) is 0.424. The smallest absolute Gasteiger partial charge is 0.258 e. The lowest BCUT2D eigenvalue weighted by Gasteiger charge is -2.15. The van der Waals surface area contributed by atoms with E-state index < -0.39 is 0 Å². The maximum absolute atomic E-state index is 10.9. The van der Waals surface area contributed by atoms with Crippen LogP contribution in [0, 0.1) is 0 Å². The van der Waals surface area contributed by atoms with Crippen LogP contribution in [0.4, 0.5) is 0 Å². The van der Waals surface area contributed by atoms with Crippen LogP contribution in [0.5, 0.6) is 0 Å². The van der Waals surface area contributed by atoms with E-state index in [1.165, 1.54) is 11.8 Å². The first-order valence-corrected chi connectivity index (χ1v) is 5.96. The SMILES string of the molecule is CN(Cc1nccs1)C1=NC(=O)CS1. The van der Waals surface area contributed by atoms with Gasteiger partial charge in [-0.2, -0.15) is 4.99 Å². The maximum atomic E-state index is 10.9. The normalized spacial score (nSPS) is 15.8. The van der Waals surface area contributed by atoms with Gasteiger partial charge in [0.25, 0.3) is 5.91 Å². The third-order valence-electron chi connectivity index (χ3n) is 1.73. The van der Waals surface area contributed by atoms with Gasteiger partial charge in [0.15, 0.2) is 5.17 Å². The lowest BCUT2D eigenvalue weighted by atomic mass is 10.6. The molecule has 0 saturated carbocycles. The molecule has 0 spiro atoms. The van der Waals surface area contributed by atoms with Crippen LogP contribution < -0.4 is 0 Å². The van der Waals surface area contributed by atoms with Crippen LogP contribution in [0.3, 0.4) is 0 Å². The zero-order chi connectivity index (χ0) is 9.97. The number of amides is 1. The molecule has 4 nitrogen and oxygen atoms in total. The summed E-state index contributed by atoms with van der Waals surface area (Å²) in [4.78, 5) is 21.0. The second-order valence-electron chi connectivity index (χ2n) is 2.86. The van der Waals surface area contributed by atoms with Gasteiger partial charge >= 0.3 is 0 Å². The van der Waals surface area contributed by atoms with Crippen molar-refractivity contribution in [3.8, 4) is 0 Å². The first-order valence-electron chi connectivity index (χ1n) is 4.09. The van der Waals surface area contributed by atoms with Gasteiger partial charge in [0.2, 0.25) is 0 Å². The molecule has 2 rings (SSSR count). The summed E-state index contributed by atoms with van der Waals surface area (Å²) in [5.41, 5.74) is 0. The largest absolute Gasteiger partial charge is 0.347 e. The van der Waals surface area contributed by atoms with Gasteiger partial charge in [-0.3, -0.25) is 4.79 Å². The van der Waals surface area contributed by atoms with Crippen LogP contribution in [-0.2, 0) is 11.3 Å². The number of thiazole rings is 1. The number of carbonyl (C=O) groups is 1. The fraction of sp³-hybridized carbons (Fsp3) is 0.375. The number of aromatic nitrogens is 1. The summed E-state index contributed by atoms with van der Waals surface area (Å²) in [6.07, 6.45) is 1.78. The zero-order valence-corrected chi connectivity index (χ0v) is 9.27. The molecule has 0 atom stereocenters. The highest BCUT2D eigenvalue weighted by molar-refractivity contribution is 8.14. The third kappa shape index (κ3) is 2.13. The van der Waals surface area contributed by atoms with Gasteiger partial charge in [-0.1, -0.05) is 11.8 Å². The van der Waals surface area contributed by atoms with Gasteiger partial charge in [0.05, 0.1) is 12.3 Å². The summed E-state index contributed by atoms with van der Waals surface area (Å²) in [6, 6.07) is 0. The van der Waals surface area contributed by atoms with Crippen LogP contribution in [0.15, 0.2) is 16.6 Å². The Balaban J connectivity index is 1.99. The Morgan fingerprint density at radius 1 is 1.64 bits per heavy atom. The number of hydrogen-bond donors (Lipinski definition) is 0. The second kappa shape index (κ2) is 4.10. The summed E-state index contributed by atoms with van der Waals surface area (Å²) in [6.45, 7) is 0.719.